The molecule has 1 heterocycles. The van der Waals surface area contributed by atoms with E-state index in [0.717, 1.165) is 11.1 Å². The van der Waals surface area contributed by atoms with Crippen molar-refractivity contribution in [3.05, 3.63) is 28.3 Å². The molecular formula is C14H21NO4S2. The molecule has 1 N–H and O–H groups in total. The lowest BCUT2D eigenvalue weighted by molar-refractivity contribution is 0.561. The number of hydrogen-bond acceptors (Lipinski definition) is 4. The van der Waals surface area contributed by atoms with E-state index in [1.165, 1.54) is 0 Å². The Morgan fingerprint density at radius 1 is 1.10 bits per heavy atom. The van der Waals surface area contributed by atoms with Crippen molar-refractivity contribution >= 4 is 19.9 Å². The van der Waals surface area contributed by atoms with Gasteiger partial charge in [-0.1, -0.05) is 6.07 Å². The van der Waals surface area contributed by atoms with Gasteiger partial charge in [0.1, 0.15) is 0 Å². The van der Waals surface area contributed by atoms with Crippen LogP contribution in [0.2, 0.25) is 0 Å². The van der Waals surface area contributed by atoms with Gasteiger partial charge in [0.2, 0.25) is 10.0 Å². The minimum Gasteiger partial charge on any atom is -0.229 e. The van der Waals surface area contributed by atoms with Crippen molar-refractivity contribution in [2.45, 2.75) is 45.1 Å². The van der Waals surface area contributed by atoms with Gasteiger partial charge >= 0.3 is 0 Å². The van der Waals surface area contributed by atoms with Crippen LogP contribution in [0.3, 0.4) is 0 Å². The fourth-order valence-electron chi connectivity index (χ4n) is 2.75. The zero-order valence-electron chi connectivity index (χ0n) is 12.7. The third kappa shape index (κ3) is 3.30. The van der Waals surface area contributed by atoms with Crippen LogP contribution in [0.1, 0.15) is 28.7 Å². The molecule has 7 heteroatoms. The van der Waals surface area contributed by atoms with Crippen molar-refractivity contribution in [2.24, 2.45) is 0 Å². The number of sulfone groups is 1. The Morgan fingerprint density at radius 2 is 1.62 bits per heavy atom. The highest BCUT2D eigenvalue weighted by molar-refractivity contribution is 7.92. The molecule has 118 valence electrons. The third-order valence-corrected chi connectivity index (χ3v) is 7.68. The fraction of sp³-hybridized carbons (Fsp3) is 0.571. The van der Waals surface area contributed by atoms with Gasteiger partial charge in [0.25, 0.3) is 0 Å². The van der Waals surface area contributed by atoms with Crippen LogP contribution in [0, 0.1) is 27.7 Å². The molecule has 0 amide bonds. The Kier molecular flexibility index (Phi) is 4.21. The second-order valence-corrected chi connectivity index (χ2v) is 9.69. The first-order valence-corrected chi connectivity index (χ1v) is 10.1. The smallest absolute Gasteiger partial charge is 0.229 e. The van der Waals surface area contributed by atoms with E-state index >= 15 is 0 Å². The van der Waals surface area contributed by atoms with Crippen molar-refractivity contribution in [3.63, 3.8) is 0 Å². The Bertz CT molecular complexity index is 753. The molecule has 5 nitrogen and oxygen atoms in total. The van der Waals surface area contributed by atoms with Crippen LogP contribution < -0.4 is 4.72 Å². The Labute approximate surface area is 126 Å². The monoisotopic (exact) mass is 331 g/mol. The average Bonchev–Trinajstić information content (AvgIpc) is 2.65. The number of benzene rings is 1. The molecule has 1 aromatic carbocycles. The molecule has 1 unspecified atom stereocenters. The molecule has 0 saturated carbocycles. The fourth-order valence-corrected chi connectivity index (χ4v) is 6.41. The summed E-state index contributed by atoms with van der Waals surface area (Å²) >= 11 is 0. The number of rotatable bonds is 3. The van der Waals surface area contributed by atoms with E-state index < -0.39 is 25.9 Å². The highest BCUT2D eigenvalue weighted by Gasteiger charge is 2.32. The maximum atomic E-state index is 12.6. The summed E-state index contributed by atoms with van der Waals surface area (Å²) in [6, 6.07) is 1.43. The molecule has 0 radical (unpaired) electrons. The van der Waals surface area contributed by atoms with Crippen molar-refractivity contribution in [3.8, 4) is 0 Å². The predicted molar refractivity (Wildman–Crippen MR) is 82.8 cm³/mol. The van der Waals surface area contributed by atoms with Crippen LogP contribution in [-0.2, 0) is 19.9 Å². The molecule has 1 aromatic rings. The molecule has 2 rings (SSSR count). The van der Waals surface area contributed by atoms with Gasteiger partial charge in [-0.25, -0.2) is 21.6 Å². The maximum absolute atomic E-state index is 12.6. The standard InChI is InChI=1S/C14H21NO4S2/c1-9-7-10(2)12(4)14(11(9)3)21(18,19)15-13-5-6-20(16,17)8-13/h7,13,15H,5-6,8H2,1-4H3. The summed E-state index contributed by atoms with van der Waals surface area (Å²) in [5.74, 6) is -0.0693. The lowest BCUT2D eigenvalue weighted by atomic mass is 10.0. The lowest BCUT2D eigenvalue weighted by Crippen LogP contribution is -2.36. The molecule has 0 aliphatic carbocycles. The van der Waals surface area contributed by atoms with Gasteiger partial charge in [-0.2, -0.15) is 0 Å². The van der Waals surface area contributed by atoms with Gasteiger partial charge in [0, 0.05) is 6.04 Å². The summed E-state index contributed by atoms with van der Waals surface area (Å²) in [7, 11) is -6.83. The average molecular weight is 331 g/mol. The molecule has 1 saturated heterocycles. The van der Waals surface area contributed by atoms with E-state index in [4.69, 9.17) is 0 Å². The zero-order valence-corrected chi connectivity index (χ0v) is 14.4. The van der Waals surface area contributed by atoms with E-state index in [-0.39, 0.29) is 16.4 Å². The second-order valence-electron chi connectivity index (χ2n) is 5.81. The molecule has 0 bridgehead atoms. The third-order valence-electron chi connectivity index (χ3n) is 4.12. The van der Waals surface area contributed by atoms with Crippen LogP contribution in [0.25, 0.3) is 0 Å². The van der Waals surface area contributed by atoms with E-state index in [1.54, 1.807) is 13.8 Å². The molecule has 0 spiro atoms. The lowest BCUT2D eigenvalue weighted by Gasteiger charge is -2.18. The van der Waals surface area contributed by atoms with E-state index in [2.05, 4.69) is 4.72 Å². The number of hydrogen-bond donors (Lipinski definition) is 1. The molecule has 0 aromatic heterocycles. The number of aryl methyl sites for hydroxylation is 2. The van der Waals surface area contributed by atoms with Crippen LogP contribution >= 0.6 is 0 Å². The van der Waals surface area contributed by atoms with Gasteiger partial charge in [-0.3, -0.25) is 0 Å². The van der Waals surface area contributed by atoms with Crippen molar-refractivity contribution in [1.29, 1.82) is 0 Å². The number of sulfonamides is 1. The van der Waals surface area contributed by atoms with E-state index in [9.17, 15) is 16.8 Å². The highest BCUT2D eigenvalue weighted by atomic mass is 32.2. The normalized spacial score (nSPS) is 21.6. The van der Waals surface area contributed by atoms with Crippen LogP contribution in [0.4, 0.5) is 0 Å². The molecule has 1 aliphatic rings. The molecular weight excluding hydrogens is 310 g/mol. The van der Waals surface area contributed by atoms with Crippen LogP contribution in [0.15, 0.2) is 11.0 Å². The molecule has 1 atom stereocenters. The maximum Gasteiger partial charge on any atom is 0.241 e. The van der Waals surface area contributed by atoms with Gasteiger partial charge in [-0.05, 0) is 56.4 Å². The van der Waals surface area contributed by atoms with Gasteiger partial charge < -0.3 is 0 Å². The Hall–Kier alpha value is -0.920. The summed E-state index contributed by atoms with van der Waals surface area (Å²) < 4.78 is 50.8. The predicted octanol–water partition coefficient (Wildman–Crippen LogP) is 1.39. The summed E-state index contributed by atoms with van der Waals surface area (Å²) in [5.41, 5.74) is 3.26. The van der Waals surface area contributed by atoms with Crippen molar-refractivity contribution in [2.75, 3.05) is 11.5 Å². The summed E-state index contributed by atoms with van der Waals surface area (Å²) in [6.07, 6.45) is 0.338. The van der Waals surface area contributed by atoms with Gasteiger partial charge in [-0.15, -0.1) is 0 Å². The summed E-state index contributed by atoms with van der Waals surface area (Å²) in [6.45, 7) is 7.31. The minimum absolute atomic E-state index is 0.0466. The quantitative estimate of drug-likeness (QED) is 0.907. The molecule has 1 aliphatic heterocycles. The first-order valence-electron chi connectivity index (χ1n) is 6.83. The summed E-state index contributed by atoms with van der Waals surface area (Å²) in [4.78, 5) is 0.282. The first-order chi connectivity index (χ1) is 9.53. The Morgan fingerprint density at radius 3 is 2.05 bits per heavy atom. The second kappa shape index (κ2) is 5.37. The van der Waals surface area contributed by atoms with Crippen molar-refractivity contribution < 1.29 is 16.8 Å². The highest BCUT2D eigenvalue weighted by Crippen LogP contribution is 2.26. The van der Waals surface area contributed by atoms with Crippen LogP contribution in [0.5, 0.6) is 0 Å². The van der Waals surface area contributed by atoms with Crippen LogP contribution in [-0.4, -0.2) is 34.4 Å². The first kappa shape index (κ1) is 16.5. The van der Waals surface area contributed by atoms with Crippen molar-refractivity contribution in [1.82, 2.24) is 4.72 Å². The Balaban J connectivity index is 2.42. The summed E-state index contributed by atoms with van der Waals surface area (Å²) in [5, 5.41) is 0. The van der Waals surface area contributed by atoms with E-state index in [0.29, 0.717) is 17.5 Å². The molecule has 21 heavy (non-hydrogen) atoms. The largest absolute Gasteiger partial charge is 0.241 e. The number of nitrogens with one attached hydrogen (secondary N) is 1. The zero-order chi connectivity index (χ0) is 16.0. The van der Waals surface area contributed by atoms with Gasteiger partial charge in [0.15, 0.2) is 9.84 Å². The van der Waals surface area contributed by atoms with Gasteiger partial charge in [0.05, 0.1) is 16.4 Å². The topological polar surface area (TPSA) is 80.3 Å². The van der Waals surface area contributed by atoms with E-state index in [1.807, 2.05) is 19.9 Å². The SMILES string of the molecule is Cc1cc(C)c(C)c(S(=O)(=O)NC2CCS(=O)(=O)C2)c1C. The minimum atomic E-state index is -3.71. The molecule has 1 fully saturated rings.